The molecule has 0 bridgehead atoms. The summed E-state index contributed by atoms with van der Waals surface area (Å²) < 4.78 is 1.12. The number of nitrogens with one attached hydrogen (secondary N) is 1. The zero-order valence-electron chi connectivity index (χ0n) is 11.0. The van der Waals surface area contributed by atoms with E-state index in [1.807, 2.05) is 0 Å². The van der Waals surface area contributed by atoms with Crippen LogP contribution in [0.1, 0.15) is 22.3 Å². The van der Waals surface area contributed by atoms with Gasteiger partial charge in [0, 0.05) is 16.7 Å². The van der Waals surface area contributed by atoms with E-state index in [2.05, 4.69) is 78.4 Å². The van der Waals surface area contributed by atoms with E-state index in [4.69, 9.17) is 0 Å². The molecule has 0 saturated carbocycles. The van der Waals surface area contributed by atoms with Crippen molar-refractivity contribution in [2.45, 2.75) is 27.3 Å². The molecular weight excluding hydrogens is 286 g/mol. The first-order chi connectivity index (χ1) is 8.58. The van der Waals surface area contributed by atoms with Crippen molar-refractivity contribution in [1.82, 2.24) is 0 Å². The van der Waals surface area contributed by atoms with Gasteiger partial charge in [-0.3, -0.25) is 0 Å². The molecule has 0 spiro atoms. The van der Waals surface area contributed by atoms with Crippen molar-refractivity contribution in [1.29, 1.82) is 0 Å². The van der Waals surface area contributed by atoms with Gasteiger partial charge in [-0.1, -0.05) is 34.1 Å². The van der Waals surface area contributed by atoms with Crippen molar-refractivity contribution >= 4 is 21.6 Å². The highest BCUT2D eigenvalue weighted by Gasteiger charge is 2.02. The number of hydrogen-bond acceptors (Lipinski definition) is 1. The van der Waals surface area contributed by atoms with Crippen LogP contribution in [0.5, 0.6) is 0 Å². The molecule has 0 heterocycles. The summed E-state index contributed by atoms with van der Waals surface area (Å²) in [5.74, 6) is 0. The van der Waals surface area contributed by atoms with E-state index in [0.717, 1.165) is 11.0 Å². The molecule has 0 saturated heterocycles. The van der Waals surface area contributed by atoms with E-state index in [1.54, 1.807) is 0 Å². The minimum atomic E-state index is 0.871. The highest BCUT2D eigenvalue weighted by molar-refractivity contribution is 9.10. The van der Waals surface area contributed by atoms with Gasteiger partial charge in [0.05, 0.1) is 0 Å². The van der Waals surface area contributed by atoms with Crippen molar-refractivity contribution in [2.75, 3.05) is 5.32 Å². The number of hydrogen-bond donors (Lipinski definition) is 1. The van der Waals surface area contributed by atoms with Gasteiger partial charge >= 0.3 is 0 Å². The minimum absolute atomic E-state index is 0.871. The predicted molar refractivity (Wildman–Crippen MR) is 82.1 cm³/mol. The third kappa shape index (κ3) is 2.94. The number of anilines is 1. The third-order valence-electron chi connectivity index (χ3n) is 3.37. The van der Waals surface area contributed by atoms with Crippen molar-refractivity contribution in [3.05, 3.63) is 63.1 Å². The van der Waals surface area contributed by atoms with Gasteiger partial charge in [-0.15, -0.1) is 0 Å². The number of rotatable bonds is 3. The van der Waals surface area contributed by atoms with Crippen LogP contribution >= 0.6 is 15.9 Å². The van der Waals surface area contributed by atoms with Gasteiger partial charge in [0.25, 0.3) is 0 Å². The second kappa shape index (κ2) is 5.57. The lowest BCUT2D eigenvalue weighted by Gasteiger charge is -2.13. The van der Waals surface area contributed by atoms with Crippen LogP contribution in [0.3, 0.4) is 0 Å². The second-order valence-corrected chi connectivity index (χ2v) is 5.59. The molecule has 2 rings (SSSR count). The summed E-state index contributed by atoms with van der Waals surface area (Å²) >= 11 is 3.49. The third-order valence-corrected chi connectivity index (χ3v) is 3.87. The van der Waals surface area contributed by atoms with E-state index >= 15 is 0 Å². The Morgan fingerprint density at radius 2 is 1.78 bits per heavy atom. The lowest BCUT2D eigenvalue weighted by atomic mass is 10.0. The van der Waals surface area contributed by atoms with E-state index in [9.17, 15) is 0 Å². The van der Waals surface area contributed by atoms with Gasteiger partial charge in [0.2, 0.25) is 0 Å². The SMILES string of the molecule is Cc1cc(Br)ccc1NCc1cccc(C)c1C. The second-order valence-electron chi connectivity index (χ2n) is 4.67. The maximum absolute atomic E-state index is 3.50. The summed E-state index contributed by atoms with van der Waals surface area (Å²) in [6.07, 6.45) is 0. The van der Waals surface area contributed by atoms with Gasteiger partial charge in [0.1, 0.15) is 0 Å². The molecule has 1 nitrogen and oxygen atoms in total. The largest absolute Gasteiger partial charge is 0.381 e. The molecule has 0 fully saturated rings. The smallest absolute Gasteiger partial charge is 0.0403 e. The summed E-state index contributed by atoms with van der Waals surface area (Å²) in [5.41, 5.74) is 6.53. The Bertz CT molecular complexity index is 561. The fourth-order valence-corrected chi connectivity index (χ4v) is 2.49. The molecular formula is C16H18BrN. The van der Waals surface area contributed by atoms with Gasteiger partial charge in [0.15, 0.2) is 0 Å². The first kappa shape index (κ1) is 13.2. The lowest BCUT2D eigenvalue weighted by Crippen LogP contribution is -2.03. The summed E-state index contributed by atoms with van der Waals surface area (Å²) in [4.78, 5) is 0. The molecule has 0 amide bonds. The Morgan fingerprint density at radius 3 is 2.50 bits per heavy atom. The molecule has 0 unspecified atom stereocenters. The molecule has 0 aliphatic heterocycles. The molecule has 1 N–H and O–H groups in total. The van der Waals surface area contributed by atoms with Crippen LogP contribution in [0.2, 0.25) is 0 Å². The average Bonchev–Trinajstić information content (AvgIpc) is 2.33. The van der Waals surface area contributed by atoms with Crippen LogP contribution in [0.25, 0.3) is 0 Å². The molecule has 0 atom stereocenters. The first-order valence-electron chi connectivity index (χ1n) is 6.13. The quantitative estimate of drug-likeness (QED) is 0.842. The van der Waals surface area contributed by atoms with Crippen LogP contribution in [0, 0.1) is 20.8 Å². The Kier molecular flexibility index (Phi) is 4.07. The van der Waals surface area contributed by atoms with Crippen molar-refractivity contribution in [3.8, 4) is 0 Å². The fraction of sp³-hybridized carbons (Fsp3) is 0.250. The molecule has 0 radical (unpaired) electrons. The van der Waals surface area contributed by atoms with Crippen LogP contribution in [-0.4, -0.2) is 0 Å². The van der Waals surface area contributed by atoms with Crippen LogP contribution in [0.15, 0.2) is 40.9 Å². The maximum Gasteiger partial charge on any atom is 0.0403 e. The zero-order chi connectivity index (χ0) is 13.1. The molecule has 2 aromatic rings. The molecule has 18 heavy (non-hydrogen) atoms. The van der Waals surface area contributed by atoms with Crippen molar-refractivity contribution in [2.24, 2.45) is 0 Å². The monoisotopic (exact) mass is 303 g/mol. The van der Waals surface area contributed by atoms with Gasteiger partial charge in [-0.05, 0) is 61.2 Å². The van der Waals surface area contributed by atoms with Crippen LogP contribution in [0.4, 0.5) is 5.69 Å². The predicted octanol–water partition coefficient (Wildman–Crippen LogP) is 4.99. The van der Waals surface area contributed by atoms with Crippen LogP contribution < -0.4 is 5.32 Å². The lowest BCUT2D eigenvalue weighted by molar-refractivity contribution is 1.10. The van der Waals surface area contributed by atoms with Gasteiger partial charge in [-0.25, -0.2) is 0 Å². The van der Waals surface area contributed by atoms with Crippen LogP contribution in [-0.2, 0) is 6.54 Å². The summed E-state index contributed by atoms with van der Waals surface area (Å²) in [7, 11) is 0. The highest BCUT2D eigenvalue weighted by Crippen LogP contribution is 2.21. The van der Waals surface area contributed by atoms with Crippen molar-refractivity contribution in [3.63, 3.8) is 0 Å². The van der Waals surface area contributed by atoms with Gasteiger partial charge < -0.3 is 5.32 Å². The Labute approximate surface area is 117 Å². The molecule has 0 aromatic heterocycles. The summed E-state index contributed by atoms with van der Waals surface area (Å²) in [6.45, 7) is 7.33. The Balaban J connectivity index is 2.14. The van der Waals surface area contributed by atoms with E-state index in [0.29, 0.717) is 0 Å². The Hall–Kier alpha value is -1.28. The minimum Gasteiger partial charge on any atom is -0.381 e. The Morgan fingerprint density at radius 1 is 1.00 bits per heavy atom. The first-order valence-corrected chi connectivity index (χ1v) is 6.92. The maximum atomic E-state index is 3.50. The summed E-state index contributed by atoms with van der Waals surface area (Å²) in [5, 5.41) is 3.50. The zero-order valence-corrected chi connectivity index (χ0v) is 12.6. The fourth-order valence-electron chi connectivity index (χ4n) is 2.02. The van der Waals surface area contributed by atoms with E-state index in [-0.39, 0.29) is 0 Å². The molecule has 2 heteroatoms. The van der Waals surface area contributed by atoms with E-state index < -0.39 is 0 Å². The number of aryl methyl sites for hydroxylation is 2. The molecule has 0 aliphatic carbocycles. The molecule has 94 valence electrons. The molecule has 0 aliphatic rings. The standard InChI is InChI=1S/C16H18BrN/c1-11-5-4-6-14(13(11)3)10-18-16-8-7-15(17)9-12(16)2/h4-9,18H,10H2,1-3H3. The molecule has 2 aromatic carbocycles. The average molecular weight is 304 g/mol. The van der Waals surface area contributed by atoms with Crippen molar-refractivity contribution < 1.29 is 0 Å². The topological polar surface area (TPSA) is 12.0 Å². The summed E-state index contributed by atoms with van der Waals surface area (Å²) in [6, 6.07) is 12.8. The highest BCUT2D eigenvalue weighted by atomic mass is 79.9. The number of benzene rings is 2. The van der Waals surface area contributed by atoms with Gasteiger partial charge in [-0.2, -0.15) is 0 Å². The normalized spacial score (nSPS) is 10.4. The number of halogens is 1. The van der Waals surface area contributed by atoms with E-state index in [1.165, 1.54) is 27.9 Å².